The number of carbonyl (C=O) groups is 1. The first-order valence-corrected chi connectivity index (χ1v) is 19.3. The molecular formula is C42H48N2O6. The van der Waals surface area contributed by atoms with Crippen LogP contribution in [0.15, 0.2) is 47.7 Å². The van der Waals surface area contributed by atoms with Gasteiger partial charge in [0, 0.05) is 49.3 Å². The SMILES string of the molecule is COC1=CC=C2[C@H]3Cc4ccc(C)c5c4[C@@]2(CCN3CC2CC2)[C@H]1O5.O=C1CC[C@@]2(O)[C@H]3Cc4ccc(O)c5c4[C@@]2(CCN3CC2CC2)[C@H]1O5. The Morgan fingerprint density at radius 1 is 0.860 bits per heavy atom. The molecule has 3 saturated carbocycles. The van der Waals surface area contributed by atoms with Crippen molar-refractivity contribution in [3.05, 3.63) is 75.6 Å². The van der Waals surface area contributed by atoms with Gasteiger partial charge in [-0.05, 0) is 117 Å². The summed E-state index contributed by atoms with van der Waals surface area (Å²) in [6, 6.07) is 8.83. The number of aromatic hydroxyl groups is 1. The highest BCUT2D eigenvalue weighted by molar-refractivity contribution is 5.90. The van der Waals surface area contributed by atoms with Gasteiger partial charge >= 0.3 is 0 Å². The third-order valence-electron chi connectivity index (χ3n) is 14.8. The summed E-state index contributed by atoms with van der Waals surface area (Å²) < 4.78 is 18.4. The van der Waals surface area contributed by atoms with Crippen molar-refractivity contribution in [2.45, 2.75) is 112 Å². The van der Waals surface area contributed by atoms with E-state index in [1.165, 1.54) is 55.5 Å². The summed E-state index contributed by atoms with van der Waals surface area (Å²) in [6.45, 7) is 6.59. The third kappa shape index (κ3) is 3.75. The van der Waals surface area contributed by atoms with Crippen LogP contribution in [0.4, 0.5) is 0 Å². The lowest BCUT2D eigenvalue weighted by Gasteiger charge is -2.62. The number of phenolic OH excluding ortho intramolecular Hbond substituents is 1. The Balaban J connectivity index is 0.000000120. The van der Waals surface area contributed by atoms with Gasteiger partial charge < -0.3 is 24.4 Å². The Bertz CT molecular complexity index is 1910. The average molecular weight is 677 g/mol. The summed E-state index contributed by atoms with van der Waals surface area (Å²) in [5.74, 6) is 4.45. The first kappa shape index (κ1) is 30.3. The van der Waals surface area contributed by atoms with E-state index in [0.29, 0.717) is 24.6 Å². The van der Waals surface area contributed by atoms with Crippen LogP contribution in [-0.2, 0) is 33.2 Å². The highest BCUT2D eigenvalue weighted by Gasteiger charge is 2.73. The third-order valence-corrected chi connectivity index (χ3v) is 14.8. The normalized spacial score (nSPS) is 38.1. The van der Waals surface area contributed by atoms with E-state index < -0.39 is 17.1 Å². The van der Waals surface area contributed by atoms with Crippen LogP contribution in [0, 0.1) is 18.8 Å². The Morgan fingerprint density at radius 2 is 1.58 bits per heavy atom. The molecule has 2 aromatic rings. The molecule has 2 aromatic carbocycles. The number of aliphatic hydroxyl groups is 1. The highest BCUT2D eigenvalue weighted by atomic mass is 16.5. The van der Waals surface area contributed by atoms with Crippen LogP contribution in [0.1, 0.15) is 79.2 Å². The molecule has 7 atom stereocenters. The maximum Gasteiger partial charge on any atom is 0.174 e. The van der Waals surface area contributed by atoms with Crippen LogP contribution in [0.25, 0.3) is 0 Å². The van der Waals surface area contributed by atoms with E-state index in [2.05, 4.69) is 41.0 Å². The number of methoxy groups -OCH3 is 1. The van der Waals surface area contributed by atoms with Crippen molar-refractivity contribution in [3.63, 3.8) is 0 Å². The quantitative estimate of drug-likeness (QED) is 0.456. The maximum absolute atomic E-state index is 12.7. The molecule has 0 unspecified atom stereocenters. The van der Waals surface area contributed by atoms with Crippen molar-refractivity contribution < 1.29 is 29.2 Å². The van der Waals surface area contributed by atoms with Gasteiger partial charge in [0.05, 0.1) is 23.5 Å². The molecule has 8 nitrogen and oxygen atoms in total. The number of aryl methyl sites for hydroxylation is 1. The molecule has 2 N–H and O–H groups in total. The van der Waals surface area contributed by atoms with Crippen molar-refractivity contribution >= 4 is 5.78 Å². The van der Waals surface area contributed by atoms with Gasteiger partial charge in [0.25, 0.3) is 0 Å². The van der Waals surface area contributed by atoms with E-state index in [-0.39, 0.29) is 29.1 Å². The summed E-state index contributed by atoms with van der Waals surface area (Å²) in [5.41, 5.74) is 6.30. The predicted molar refractivity (Wildman–Crippen MR) is 187 cm³/mol. The molecule has 0 radical (unpaired) electrons. The zero-order chi connectivity index (χ0) is 33.7. The van der Waals surface area contributed by atoms with Crippen molar-refractivity contribution in [3.8, 4) is 17.2 Å². The van der Waals surface area contributed by atoms with E-state index in [4.69, 9.17) is 14.2 Å². The van der Waals surface area contributed by atoms with Crippen molar-refractivity contribution in [1.82, 2.24) is 9.80 Å². The Kier molecular flexibility index (Phi) is 6.16. The first-order chi connectivity index (χ1) is 24.3. The van der Waals surface area contributed by atoms with Crippen LogP contribution in [0.2, 0.25) is 0 Å². The van der Waals surface area contributed by atoms with E-state index in [0.717, 1.165) is 73.2 Å². The molecule has 8 heteroatoms. The topological polar surface area (TPSA) is 91.7 Å². The number of hydrogen-bond donors (Lipinski definition) is 2. The van der Waals surface area contributed by atoms with E-state index in [1.807, 2.05) is 6.07 Å². The van der Waals surface area contributed by atoms with Gasteiger partial charge in [0.15, 0.2) is 29.5 Å². The largest absolute Gasteiger partial charge is 0.504 e. The molecule has 262 valence electrons. The maximum atomic E-state index is 12.7. The van der Waals surface area contributed by atoms with Crippen LogP contribution < -0.4 is 9.47 Å². The number of ketones is 1. The lowest BCUT2D eigenvalue weighted by molar-refractivity contribution is -0.188. The fourth-order valence-electron chi connectivity index (χ4n) is 12.1. The minimum Gasteiger partial charge on any atom is -0.504 e. The smallest absolute Gasteiger partial charge is 0.174 e. The number of likely N-dealkylation sites (tertiary alicyclic amines) is 2. The van der Waals surface area contributed by atoms with Crippen molar-refractivity contribution in [2.24, 2.45) is 11.8 Å². The molecule has 50 heavy (non-hydrogen) atoms. The monoisotopic (exact) mass is 676 g/mol. The second kappa shape index (κ2) is 10.2. The fraction of sp³-hybridized carbons (Fsp3) is 0.595. The standard InChI is InChI=1S/C22H25NO2.C20H23NO4/c1-13-3-6-15-11-17-16-7-8-18(24-2)21-22(16,19(15)20(13)25-21)9-10-23(17)12-14-4-5-14;22-13-4-3-12-9-15-20(24)6-5-14(23)18-19(20,16(12)17(13)25-18)7-8-21(15)10-11-1-2-11/h3,6-8,14,17,21H,4-5,9-12H2,1-2H3;3-4,11,15,18,22,24H,1-2,5-10H2/t17-,21+,22+;15-,18+,19+,20-/m11/s1. The van der Waals surface area contributed by atoms with Gasteiger partial charge in [0.2, 0.25) is 0 Å². The number of carbonyl (C=O) groups excluding carboxylic acids is 1. The average Bonchev–Trinajstić information content (AvgIpc) is 4.04. The summed E-state index contributed by atoms with van der Waals surface area (Å²) in [5, 5.41) is 22.3. The molecule has 6 aliphatic carbocycles. The second-order valence-corrected chi connectivity index (χ2v) is 17.2. The van der Waals surface area contributed by atoms with Gasteiger partial charge in [-0.1, -0.05) is 24.3 Å². The molecule has 2 saturated heterocycles. The first-order valence-electron chi connectivity index (χ1n) is 19.3. The number of nitrogens with zero attached hydrogens (tertiary/aromatic N) is 2. The number of Topliss-reactive ketones (excluding diaryl/α,β-unsaturated/α-hetero) is 1. The number of piperidine rings is 2. The minimum atomic E-state index is -0.940. The lowest BCUT2D eigenvalue weighted by atomic mass is 9.49. The predicted octanol–water partition coefficient (Wildman–Crippen LogP) is 5.03. The molecular weight excluding hydrogens is 628 g/mol. The lowest BCUT2D eigenvalue weighted by Crippen LogP contribution is -2.76. The molecule has 4 heterocycles. The zero-order valence-corrected chi connectivity index (χ0v) is 29.2. The highest BCUT2D eigenvalue weighted by Crippen LogP contribution is 2.65. The summed E-state index contributed by atoms with van der Waals surface area (Å²) in [7, 11) is 1.78. The van der Waals surface area contributed by atoms with Crippen molar-refractivity contribution in [1.29, 1.82) is 0 Å². The number of phenols is 1. The molecule has 0 aromatic heterocycles. The molecule has 4 aliphatic heterocycles. The Labute approximate surface area is 294 Å². The van der Waals surface area contributed by atoms with Gasteiger partial charge in [0.1, 0.15) is 11.5 Å². The molecule has 5 fully saturated rings. The number of benzene rings is 2. The van der Waals surface area contributed by atoms with E-state index >= 15 is 0 Å². The molecule has 0 amide bonds. The van der Waals surface area contributed by atoms with Gasteiger partial charge in [-0.2, -0.15) is 0 Å². The van der Waals surface area contributed by atoms with Crippen LogP contribution in [-0.4, -0.2) is 89.0 Å². The minimum absolute atomic E-state index is 0.0136. The Hall–Kier alpha value is -3.33. The van der Waals surface area contributed by atoms with Gasteiger partial charge in [-0.15, -0.1) is 0 Å². The van der Waals surface area contributed by atoms with Crippen LogP contribution >= 0.6 is 0 Å². The number of hydrogen-bond acceptors (Lipinski definition) is 8. The van der Waals surface area contributed by atoms with E-state index in [9.17, 15) is 15.0 Å². The van der Waals surface area contributed by atoms with Crippen molar-refractivity contribution in [2.75, 3.05) is 33.3 Å². The molecule has 4 bridgehead atoms. The number of allylic oxidation sites excluding steroid dienone is 2. The fourth-order valence-corrected chi connectivity index (χ4v) is 12.1. The number of ether oxygens (including phenoxy) is 3. The second-order valence-electron chi connectivity index (χ2n) is 17.2. The summed E-state index contributed by atoms with van der Waals surface area (Å²) in [6.07, 6.45) is 14.0. The molecule has 10 aliphatic rings. The summed E-state index contributed by atoms with van der Waals surface area (Å²) in [4.78, 5) is 17.9. The summed E-state index contributed by atoms with van der Waals surface area (Å²) >= 11 is 0. The van der Waals surface area contributed by atoms with Gasteiger partial charge in [-0.3, -0.25) is 14.6 Å². The van der Waals surface area contributed by atoms with Crippen LogP contribution in [0.5, 0.6) is 17.2 Å². The van der Waals surface area contributed by atoms with Gasteiger partial charge in [-0.25, -0.2) is 0 Å². The van der Waals surface area contributed by atoms with E-state index in [1.54, 1.807) is 18.7 Å². The Morgan fingerprint density at radius 3 is 2.36 bits per heavy atom. The number of rotatable bonds is 5. The molecule has 2 spiro atoms. The molecule has 12 rings (SSSR count). The van der Waals surface area contributed by atoms with Crippen LogP contribution in [0.3, 0.4) is 0 Å². The zero-order valence-electron chi connectivity index (χ0n) is 29.2.